The molecular formula is C12H10ClFN4O2. The number of nitrogens with one attached hydrogen (secondary N) is 1. The van der Waals surface area contributed by atoms with E-state index in [9.17, 15) is 9.18 Å². The molecule has 0 aliphatic rings. The van der Waals surface area contributed by atoms with Crippen molar-refractivity contribution in [2.75, 3.05) is 12.4 Å². The number of esters is 1. The number of nitrogens with zero attached hydrogens (tertiary/aromatic N) is 3. The molecule has 0 aliphatic carbocycles. The highest BCUT2D eigenvalue weighted by molar-refractivity contribution is 6.28. The summed E-state index contributed by atoms with van der Waals surface area (Å²) in [6.07, 6.45) is 1.40. The number of pyridine rings is 1. The summed E-state index contributed by atoms with van der Waals surface area (Å²) in [4.78, 5) is 22.6. The fourth-order valence-electron chi connectivity index (χ4n) is 1.42. The molecule has 0 aliphatic heterocycles. The Labute approximate surface area is 119 Å². The first-order chi connectivity index (χ1) is 9.58. The van der Waals surface area contributed by atoms with Gasteiger partial charge < -0.3 is 10.1 Å². The summed E-state index contributed by atoms with van der Waals surface area (Å²) in [7, 11) is 1.25. The first-order valence-corrected chi connectivity index (χ1v) is 5.93. The third-order valence-electron chi connectivity index (χ3n) is 2.36. The van der Waals surface area contributed by atoms with E-state index in [1.807, 2.05) is 0 Å². The molecule has 20 heavy (non-hydrogen) atoms. The highest BCUT2D eigenvalue weighted by atomic mass is 35.5. The highest BCUT2D eigenvalue weighted by Crippen LogP contribution is 2.12. The van der Waals surface area contributed by atoms with Gasteiger partial charge in [-0.1, -0.05) is 6.07 Å². The van der Waals surface area contributed by atoms with E-state index in [1.165, 1.54) is 25.4 Å². The van der Waals surface area contributed by atoms with Crippen molar-refractivity contribution in [3.63, 3.8) is 0 Å². The van der Waals surface area contributed by atoms with Crippen LogP contribution in [0, 0.1) is 5.95 Å². The van der Waals surface area contributed by atoms with Gasteiger partial charge in [-0.25, -0.2) is 19.7 Å². The summed E-state index contributed by atoms with van der Waals surface area (Å²) in [6.45, 7) is 0.348. The number of hydrogen-bond acceptors (Lipinski definition) is 6. The van der Waals surface area contributed by atoms with Crippen molar-refractivity contribution in [2.24, 2.45) is 0 Å². The predicted molar refractivity (Wildman–Crippen MR) is 69.9 cm³/mol. The fraction of sp³-hybridized carbons (Fsp3) is 0.167. The van der Waals surface area contributed by atoms with E-state index in [2.05, 4.69) is 25.0 Å². The van der Waals surface area contributed by atoms with Gasteiger partial charge in [0, 0.05) is 18.8 Å². The normalized spacial score (nSPS) is 10.2. The van der Waals surface area contributed by atoms with Crippen LogP contribution in [0.1, 0.15) is 16.1 Å². The van der Waals surface area contributed by atoms with Crippen molar-refractivity contribution < 1.29 is 13.9 Å². The van der Waals surface area contributed by atoms with E-state index in [1.54, 1.807) is 6.07 Å². The molecule has 104 valence electrons. The minimum absolute atomic E-state index is 0.0484. The molecule has 0 unspecified atom stereocenters. The lowest BCUT2D eigenvalue weighted by Crippen LogP contribution is -2.08. The molecule has 1 N–H and O–H groups in total. The van der Waals surface area contributed by atoms with Gasteiger partial charge in [0.25, 0.3) is 0 Å². The molecule has 0 amide bonds. The second-order valence-electron chi connectivity index (χ2n) is 3.74. The van der Waals surface area contributed by atoms with E-state index in [-0.39, 0.29) is 11.0 Å². The molecule has 0 saturated carbocycles. The Kier molecular flexibility index (Phi) is 4.41. The van der Waals surface area contributed by atoms with Crippen LogP contribution in [-0.4, -0.2) is 28.0 Å². The topological polar surface area (TPSA) is 77.0 Å². The summed E-state index contributed by atoms with van der Waals surface area (Å²) < 4.78 is 17.2. The zero-order chi connectivity index (χ0) is 14.5. The van der Waals surface area contributed by atoms with Crippen molar-refractivity contribution in [1.29, 1.82) is 0 Å². The van der Waals surface area contributed by atoms with Gasteiger partial charge in [0.2, 0.25) is 11.2 Å². The van der Waals surface area contributed by atoms with Crippen molar-refractivity contribution in [3.05, 3.63) is 46.9 Å². The summed E-state index contributed by atoms with van der Waals surface area (Å²) in [6, 6.07) is 4.25. The molecule has 2 heterocycles. The van der Waals surface area contributed by atoms with Crippen molar-refractivity contribution in [3.8, 4) is 0 Å². The lowest BCUT2D eigenvalue weighted by atomic mass is 10.3. The Bertz CT molecular complexity index is 621. The number of carbonyl (C=O) groups is 1. The molecule has 2 rings (SSSR count). The molecule has 0 bridgehead atoms. The zero-order valence-corrected chi connectivity index (χ0v) is 11.2. The van der Waals surface area contributed by atoms with E-state index in [0.717, 1.165) is 5.56 Å². The number of carbonyl (C=O) groups excluding carboxylic acids is 1. The van der Waals surface area contributed by atoms with Gasteiger partial charge >= 0.3 is 5.97 Å². The number of anilines is 1. The standard InChI is InChI=1S/C12H10ClFN4O2/c1-20-11(19)8-4-10(18-12(13)17-8)16-6-7-2-3-9(14)15-5-7/h2-5H,6H2,1H3,(H,16,17,18). The molecule has 6 nitrogen and oxygen atoms in total. The maximum Gasteiger partial charge on any atom is 0.356 e. The second-order valence-corrected chi connectivity index (χ2v) is 4.08. The van der Waals surface area contributed by atoms with Crippen LogP contribution in [0.3, 0.4) is 0 Å². The minimum atomic E-state index is -0.610. The number of halogens is 2. The van der Waals surface area contributed by atoms with E-state index in [0.29, 0.717) is 12.4 Å². The lowest BCUT2D eigenvalue weighted by Gasteiger charge is -2.07. The van der Waals surface area contributed by atoms with Crippen LogP contribution in [0.25, 0.3) is 0 Å². The summed E-state index contributed by atoms with van der Waals surface area (Å²) in [5.41, 5.74) is 0.799. The Hall–Kier alpha value is -2.28. The largest absolute Gasteiger partial charge is 0.464 e. The molecule has 0 spiro atoms. The molecular weight excluding hydrogens is 287 g/mol. The number of ether oxygens (including phenoxy) is 1. The van der Waals surface area contributed by atoms with Crippen LogP contribution in [0.2, 0.25) is 5.28 Å². The van der Waals surface area contributed by atoms with Crippen molar-refractivity contribution >= 4 is 23.4 Å². The lowest BCUT2D eigenvalue weighted by molar-refractivity contribution is 0.0594. The third kappa shape index (κ3) is 3.61. The molecule has 0 atom stereocenters. The molecule has 0 radical (unpaired) electrons. The molecule has 2 aromatic heterocycles. The van der Waals surface area contributed by atoms with Crippen LogP contribution in [-0.2, 0) is 11.3 Å². The summed E-state index contributed by atoms with van der Waals surface area (Å²) in [5.74, 6) is -0.803. The second kappa shape index (κ2) is 6.25. The number of methoxy groups -OCH3 is 1. The number of rotatable bonds is 4. The number of aromatic nitrogens is 3. The molecule has 8 heteroatoms. The molecule has 0 fully saturated rings. The van der Waals surface area contributed by atoms with E-state index >= 15 is 0 Å². The molecule has 0 aromatic carbocycles. The predicted octanol–water partition coefficient (Wildman–Crippen LogP) is 2.06. The van der Waals surface area contributed by atoms with Gasteiger partial charge in [0.15, 0.2) is 5.69 Å². The quantitative estimate of drug-likeness (QED) is 0.529. The minimum Gasteiger partial charge on any atom is -0.464 e. The van der Waals surface area contributed by atoms with E-state index in [4.69, 9.17) is 11.6 Å². The Morgan fingerprint density at radius 2 is 2.25 bits per heavy atom. The van der Waals surface area contributed by atoms with Crippen LogP contribution in [0.15, 0.2) is 24.4 Å². The maximum atomic E-state index is 12.7. The molecule has 2 aromatic rings. The van der Waals surface area contributed by atoms with Gasteiger partial charge in [-0.15, -0.1) is 0 Å². The Balaban J connectivity index is 2.11. The van der Waals surface area contributed by atoms with Crippen LogP contribution >= 0.6 is 11.6 Å². The van der Waals surface area contributed by atoms with Gasteiger partial charge in [0.1, 0.15) is 5.82 Å². The average molecular weight is 297 g/mol. The Morgan fingerprint density at radius 3 is 2.90 bits per heavy atom. The highest BCUT2D eigenvalue weighted by Gasteiger charge is 2.11. The van der Waals surface area contributed by atoms with Gasteiger partial charge in [-0.05, 0) is 23.2 Å². The summed E-state index contributed by atoms with van der Waals surface area (Å²) >= 11 is 5.72. The maximum absolute atomic E-state index is 12.7. The fourth-order valence-corrected chi connectivity index (χ4v) is 1.60. The third-order valence-corrected chi connectivity index (χ3v) is 2.52. The Morgan fingerprint density at radius 1 is 1.45 bits per heavy atom. The smallest absolute Gasteiger partial charge is 0.356 e. The average Bonchev–Trinajstić information content (AvgIpc) is 2.45. The molecule has 0 saturated heterocycles. The SMILES string of the molecule is COC(=O)c1cc(NCc2ccc(F)nc2)nc(Cl)n1. The van der Waals surface area contributed by atoms with Gasteiger partial charge in [-0.2, -0.15) is 4.39 Å². The monoisotopic (exact) mass is 296 g/mol. The van der Waals surface area contributed by atoms with Crippen LogP contribution in [0.4, 0.5) is 10.2 Å². The summed E-state index contributed by atoms with van der Waals surface area (Å²) in [5, 5.41) is 2.86. The first-order valence-electron chi connectivity index (χ1n) is 5.55. The number of hydrogen-bond donors (Lipinski definition) is 1. The van der Waals surface area contributed by atoms with E-state index < -0.39 is 11.9 Å². The van der Waals surface area contributed by atoms with Gasteiger partial charge in [0.05, 0.1) is 7.11 Å². The van der Waals surface area contributed by atoms with Gasteiger partial charge in [-0.3, -0.25) is 0 Å². The van der Waals surface area contributed by atoms with Crippen LogP contribution in [0.5, 0.6) is 0 Å². The zero-order valence-electron chi connectivity index (χ0n) is 10.4. The van der Waals surface area contributed by atoms with Crippen molar-refractivity contribution in [2.45, 2.75) is 6.54 Å². The first kappa shape index (κ1) is 14.1. The van der Waals surface area contributed by atoms with Crippen molar-refractivity contribution in [1.82, 2.24) is 15.0 Å². The van der Waals surface area contributed by atoms with Crippen LogP contribution < -0.4 is 5.32 Å².